The summed E-state index contributed by atoms with van der Waals surface area (Å²) >= 11 is 0. The molecule has 0 saturated heterocycles. The molecule has 6 heteroatoms. The first-order valence-electron chi connectivity index (χ1n) is 18.8. The molecule has 10 rings (SSSR count). The van der Waals surface area contributed by atoms with Crippen molar-refractivity contribution in [1.82, 2.24) is 9.55 Å². The molecule has 0 saturated carbocycles. The zero-order chi connectivity index (χ0) is 36.8. The molecule has 6 aromatic carbocycles. The molecule has 2 aliphatic rings. The Balaban J connectivity index is 0.00000397. The number of hydroxylamine groups is 1. The van der Waals surface area contributed by atoms with Gasteiger partial charge in [-0.2, -0.15) is 35.3 Å². The first-order chi connectivity index (χ1) is 26.2. The molecular formula is C49H41N4OPt-. The van der Waals surface area contributed by atoms with Crippen LogP contribution in [0.4, 0.5) is 17.1 Å². The van der Waals surface area contributed by atoms with Crippen molar-refractivity contribution in [2.75, 3.05) is 10.1 Å². The van der Waals surface area contributed by atoms with Crippen LogP contribution in [0.5, 0.6) is 0 Å². The minimum atomic E-state index is -0.713. The van der Waals surface area contributed by atoms with Crippen molar-refractivity contribution in [3.05, 3.63) is 186 Å². The zero-order valence-corrected chi connectivity index (χ0v) is 33.8. The van der Waals surface area contributed by atoms with Gasteiger partial charge in [-0.3, -0.25) is 0 Å². The summed E-state index contributed by atoms with van der Waals surface area (Å²) in [6, 6.07) is 58.2. The van der Waals surface area contributed by atoms with E-state index in [1.54, 1.807) is 0 Å². The number of pyridine rings is 1. The second-order valence-corrected chi connectivity index (χ2v) is 15.8. The topological polar surface area (TPSA) is 37.1 Å². The van der Waals surface area contributed by atoms with Crippen molar-refractivity contribution >= 4 is 38.9 Å². The Kier molecular flexibility index (Phi) is 8.38. The fourth-order valence-corrected chi connectivity index (χ4v) is 8.71. The van der Waals surface area contributed by atoms with Gasteiger partial charge in [0.15, 0.2) is 0 Å². The minimum absolute atomic E-state index is 0. The van der Waals surface area contributed by atoms with Crippen LogP contribution in [0.2, 0.25) is 0 Å². The van der Waals surface area contributed by atoms with Crippen molar-refractivity contribution in [3.63, 3.8) is 0 Å². The number of hydrogen-bond donors (Lipinski definition) is 0. The van der Waals surface area contributed by atoms with Crippen LogP contribution in [0, 0.1) is 12.1 Å². The average Bonchev–Trinajstić information content (AvgIpc) is 3.85. The molecule has 1 aliphatic heterocycles. The molecule has 2 aromatic heterocycles. The second kappa shape index (κ2) is 13.1. The predicted molar refractivity (Wildman–Crippen MR) is 220 cm³/mol. The number of benzene rings is 6. The Morgan fingerprint density at radius 2 is 1.31 bits per heavy atom. The Morgan fingerprint density at radius 3 is 2.04 bits per heavy atom. The summed E-state index contributed by atoms with van der Waals surface area (Å²) in [6.07, 6.45) is 1.93. The van der Waals surface area contributed by atoms with Crippen LogP contribution in [0.15, 0.2) is 146 Å². The minimum Gasteiger partial charge on any atom is -0.319 e. The number of rotatable bonds is 5. The summed E-state index contributed by atoms with van der Waals surface area (Å²) in [6.45, 7) is 11.0. The number of aromatic nitrogens is 2. The summed E-state index contributed by atoms with van der Waals surface area (Å²) < 4.78 is 2.29. The second-order valence-electron chi connectivity index (χ2n) is 15.8. The van der Waals surface area contributed by atoms with Gasteiger partial charge in [0.1, 0.15) is 22.7 Å². The van der Waals surface area contributed by atoms with Crippen LogP contribution in [0.25, 0.3) is 38.8 Å². The van der Waals surface area contributed by atoms with E-state index in [9.17, 15) is 0 Å². The molecule has 0 radical (unpaired) electrons. The first-order valence-corrected chi connectivity index (χ1v) is 18.8. The van der Waals surface area contributed by atoms with Crippen molar-refractivity contribution in [3.8, 4) is 16.9 Å². The third-order valence-corrected chi connectivity index (χ3v) is 11.2. The molecule has 0 amide bonds. The number of nitrogens with zero attached hydrogens (tertiary/aromatic N) is 4. The molecule has 55 heavy (non-hydrogen) atoms. The fourth-order valence-electron chi connectivity index (χ4n) is 8.71. The molecule has 0 spiro atoms. The van der Waals surface area contributed by atoms with Crippen LogP contribution in [0.3, 0.4) is 0 Å². The molecule has 0 unspecified atom stereocenters. The molecule has 274 valence electrons. The zero-order valence-electron chi connectivity index (χ0n) is 31.5. The van der Waals surface area contributed by atoms with E-state index in [2.05, 4.69) is 196 Å². The quantitative estimate of drug-likeness (QED) is 0.128. The summed E-state index contributed by atoms with van der Waals surface area (Å²) in [7, 11) is 0. The number of anilines is 3. The van der Waals surface area contributed by atoms with Gasteiger partial charge in [0.2, 0.25) is 0 Å². The van der Waals surface area contributed by atoms with E-state index in [0.29, 0.717) is 5.92 Å². The normalized spacial score (nSPS) is 14.3. The van der Waals surface area contributed by atoms with Gasteiger partial charge in [-0.1, -0.05) is 98.2 Å². The smallest absolute Gasteiger partial charge is 0.145 e. The van der Waals surface area contributed by atoms with Gasteiger partial charge in [-0.05, 0) is 90.2 Å². The molecule has 0 bridgehead atoms. The maximum atomic E-state index is 5.20. The van der Waals surface area contributed by atoms with Crippen molar-refractivity contribution < 1.29 is 26.0 Å². The van der Waals surface area contributed by atoms with Gasteiger partial charge in [0.25, 0.3) is 0 Å². The Hall–Kier alpha value is -5.48. The van der Waals surface area contributed by atoms with Crippen molar-refractivity contribution in [1.29, 1.82) is 0 Å². The Labute approximate surface area is 337 Å². The van der Waals surface area contributed by atoms with Gasteiger partial charge in [0.05, 0.1) is 0 Å². The van der Waals surface area contributed by atoms with Gasteiger partial charge < -0.3 is 4.57 Å². The first kappa shape index (κ1) is 35.2. The molecule has 0 atom stereocenters. The predicted octanol–water partition coefficient (Wildman–Crippen LogP) is 11.9. The van der Waals surface area contributed by atoms with E-state index in [1.165, 1.54) is 33.2 Å². The largest absolute Gasteiger partial charge is 0.319 e. The van der Waals surface area contributed by atoms with Gasteiger partial charge in [0, 0.05) is 43.9 Å². The van der Waals surface area contributed by atoms with Crippen molar-refractivity contribution in [2.24, 2.45) is 0 Å². The fraction of sp³-hybridized carbons (Fsp3) is 0.163. The van der Waals surface area contributed by atoms with Gasteiger partial charge in [-0.25, -0.2) is 4.98 Å². The van der Waals surface area contributed by atoms with Crippen LogP contribution >= 0.6 is 0 Å². The van der Waals surface area contributed by atoms with E-state index < -0.39 is 5.41 Å². The molecule has 8 aromatic rings. The molecular weight excluding hydrogens is 856 g/mol. The molecule has 1 N–H and O–H groups in total. The van der Waals surface area contributed by atoms with Gasteiger partial charge >= 0.3 is 0 Å². The molecule has 3 heterocycles. The maximum absolute atomic E-state index is 5.20. The van der Waals surface area contributed by atoms with Crippen molar-refractivity contribution in [2.45, 2.75) is 51.5 Å². The van der Waals surface area contributed by atoms with E-state index in [-0.39, 0.29) is 26.6 Å². The maximum Gasteiger partial charge on any atom is 0.145 e. The molecule has 1 aliphatic carbocycles. The van der Waals surface area contributed by atoms with E-state index in [4.69, 9.17) is 9.92 Å². The van der Waals surface area contributed by atoms with E-state index in [0.717, 1.165) is 50.4 Å². The number of para-hydroxylation sites is 3. The number of fused-ring (bicyclic) bond motifs is 7. The standard InChI is InChI=1S/C49H40N4O.Pt/c1-32(2)33-27-28-50-47(29-33)51-43-22-11-8-19-39(43)40-26-25-35(31-46(40)51)49(41-20-9-6-17-37(41)38-18-7-10-21-42(38)49)34-15-14-16-36(30-34)52-44-23-12-13-24-45(44)53(54-52)48(3,4)5;/h6-29,32H,1-5H3;/q-2;/p+1. The third kappa shape index (κ3) is 5.24. The van der Waals surface area contributed by atoms with E-state index >= 15 is 0 Å². The molecule has 0 fully saturated rings. The SMILES string of the molecule is CC(C)c1ccnc(-n2c3[c-]c(C4(c5[c-]c(N6[OH+]N(C(C)(C)C)c7ccccc76)ccc5)c5ccccc5-c5ccccc54)ccc3c3ccccc32)c1.[Pt]. The van der Waals surface area contributed by atoms with Crippen LogP contribution in [-0.4, -0.2) is 20.0 Å². The molecule has 5 nitrogen and oxygen atoms in total. The average molecular weight is 897 g/mol. The third-order valence-electron chi connectivity index (χ3n) is 11.2. The summed E-state index contributed by atoms with van der Waals surface area (Å²) in [5.41, 5.74) is 12.4. The van der Waals surface area contributed by atoms with Crippen LogP contribution < -0.4 is 10.1 Å². The number of hydrogen-bond acceptors (Lipinski definition) is 3. The monoisotopic (exact) mass is 896 g/mol. The Bertz CT molecular complexity index is 2710. The summed E-state index contributed by atoms with van der Waals surface area (Å²) in [4.78, 5) is 10.1. The summed E-state index contributed by atoms with van der Waals surface area (Å²) in [5, 5.41) is 6.48. The van der Waals surface area contributed by atoms with E-state index in [1.807, 2.05) is 11.3 Å². The van der Waals surface area contributed by atoms with Crippen LogP contribution in [-0.2, 0) is 26.5 Å². The van der Waals surface area contributed by atoms with Crippen LogP contribution in [0.1, 0.15) is 68.4 Å². The Morgan fingerprint density at radius 1 is 0.655 bits per heavy atom. The summed E-state index contributed by atoms with van der Waals surface area (Å²) in [5.74, 6) is 1.27. The van der Waals surface area contributed by atoms with Gasteiger partial charge in [-0.15, -0.1) is 38.8 Å².